The molecule has 0 atom stereocenters. The van der Waals surface area contributed by atoms with Crippen LogP contribution < -0.4 is 20.7 Å². The molecule has 0 unspecified atom stereocenters. The minimum Gasteiger partial charge on any atom is -0.485 e. The van der Waals surface area contributed by atoms with Crippen molar-refractivity contribution < 1.29 is 9.47 Å². The maximum absolute atomic E-state index is 12.9. The molecule has 6 aromatic rings. The van der Waals surface area contributed by atoms with E-state index in [-0.39, 0.29) is 23.7 Å². The number of imidazole rings is 1. The Morgan fingerprint density at radius 3 is 1.90 bits per heavy atom. The van der Waals surface area contributed by atoms with Gasteiger partial charge in [0.2, 0.25) is 0 Å². The van der Waals surface area contributed by atoms with Crippen molar-refractivity contribution in [3.8, 4) is 11.5 Å². The Hall–Kier alpha value is -5.12. The Morgan fingerprint density at radius 1 is 0.673 bits per heavy atom. The van der Waals surface area contributed by atoms with Crippen molar-refractivity contribution in [1.82, 2.24) is 23.6 Å². The van der Waals surface area contributed by atoms with Crippen LogP contribution >= 0.6 is 12.4 Å². The summed E-state index contributed by atoms with van der Waals surface area (Å²) in [5.74, 6) is 1.45. The maximum Gasteiger partial charge on any atom is 0.332 e. The van der Waals surface area contributed by atoms with Crippen LogP contribution in [0.3, 0.4) is 0 Å². The number of fused-ring (bicyclic) bond motifs is 1. The summed E-state index contributed by atoms with van der Waals surface area (Å²) in [5.41, 5.74) is 4.75. The van der Waals surface area contributed by atoms with Gasteiger partial charge in [-0.1, -0.05) is 97.1 Å². The first-order valence-electron chi connectivity index (χ1n) is 16.3. The monoisotopic (exact) mass is 679 g/mol. The summed E-state index contributed by atoms with van der Waals surface area (Å²) >= 11 is 0. The number of hydrogen-bond donors (Lipinski definition) is 0. The van der Waals surface area contributed by atoms with Gasteiger partial charge in [0.05, 0.1) is 6.33 Å². The Balaban J connectivity index is 0.00000468. The van der Waals surface area contributed by atoms with Gasteiger partial charge in [-0.25, -0.2) is 9.78 Å². The zero-order chi connectivity index (χ0) is 33.3. The number of aryl methyl sites for hydroxylation is 2. The highest BCUT2D eigenvalue weighted by Crippen LogP contribution is 2.30. The second-order valence-electron chi connectivity index (χ2n) is 12.0. The van der Waals surface area contributed by atoms with Gasteiger partial charge in [0, 0.05) is 40.3 Å². The van der Waals surface area contributed by atoms with Gasteiger partial charge in [-0.05, 0) is 47.2 Å². The Bertz CT molecular complexity index is 2060. The third-order valence-electron chi connectivity index (χ3n) is 8.54. The van der Waals surface area contributed by atoms with Crippen molar-refractivity contribution in [2.24, 2.45) is 14.1 Å². The largest absolute Gasteiger partial charge is 0.485 e. The molecule has 4 aromatic carbocycles. The van der Waals surface area contributed by atoms with Crippen LogP contribution in [0.2, 0.25) is 0 Å². The van der Waals surface area contributed by atoms with Gasteiger partial charge in [-0.2, -0.15) is 0 Å². The SMILES string of the molecule is Cl.Cn1c(=O)c2c(ncn2CCCN(CCc2ccc(OCc3ccccc3)c(OCc3ccccc3)c2)Cc2ccccc2)n(C)c1=O. The normalized spacial score (nSPS) is 11.1. The van der Waals surface area contributed by atoms with Gasteiger partial charge in [0.15, 0.2) is 22.7 Å². The molecule has 10 heteroatoms. The van der Waals surface area contributed by atoms with Crippen LogP contribution in [0, 0.1) is 0 Å². The molecule has 0 saturated carbocycles. The second kappa shape index (κ2) is 16.8. The van der Waals surface area contributed by atoms with E-state index in [0.29, 0.717) is 30.9 Å². The molecule has 0 aliphatic heterocycles. The average Bonchev–Trinajstić information content (AvgIpc) is 3.56. The molecule has 0 aliphatic carbocycles. The lowest BCUT2D eigenvalue weighted by molar-refractivity contribution is 0.253. The van der Waals surface area contributed by atoms with E-state index in [2.05, 4.69) is 70.5 Å². The summed E-state index contributed by atoms with van der Waals surface area (Å²) in [6.45, 7) is 3.97. The molecule has 9 nitrogen and oxygen atoms in total. The third kappa shape index (κ3) is 8.87. The first-order chi connectivity index (χ1) is 23.5. The minimum absolute atomic E-state index is 0. The van der Waals surface area contributed by atoms with Crippen molar-refractivity contribution in [3.05, 3.63) is 159 Å². The van der Waals surface area contributed by atoms with Crippen molar-refractivity contribution in [2.45, 2.75) is 39.1 Å². The molecule has 0 bridgehead atoms. The summed E-state index contributed by atoms with van der Waals surface area (Å²) in [6, 6.07) is 37.0. The smallest absolute Gasteiger partial charge is 0.332 e. The summed E-state index contributed by atoms with van der Waals surface area (Å²) in [5, 5.41) is 0. The van der Waals surface area contributed by atoms with Gasteiger partial charge >= 0.3 is 5.69 Å². The number of benzene rings is 4. The van der Waals surface area contributed by atoms with Gasteiger partial charge in [0.25, 0.3) is 5.56 Å². The van der Waals surface area contributed by atoms with Crippen LogP contribution in [0.15, 0.2) is 125 Å². The van der Waals surface area contributed by atoms with E-state index >= 15 is 0 Å². The molecule has 2 heterocycles. The number of rotatable bonds is 15. The van der Waals surface area contributed by atoms with E-state index in [1.54, 1.807) is 13.4 Å². The molecule has 254 valence electrons. The van der Waals surface area contributed by atoms with E-state index < -0.39 is 0 Å². The van der Waals surface area contributed by atoms with Crippen LogP contribution in [-0.2, 0) is 46.8 Å². The fraction of sp³-hybridized carbons (Fsp3) is 0.256. The van der Waals surface area contributed by atoms with Gasteiger partial charge in [0.1, 0.15) is 13.2 Å². The highest BCUT2D eigenvalue weighted by atomic mass is 35.5. The van der Waals surface area contributed by atoms with Crippen LogP contribution in [0.4, 0.5) is 0 Å². The first-order valence-corrected chi connectivity index (χ1v) is 16.3. The fourth-order valence-electron chi connectivity index (χ4n) is 5.84. The topological polar surface area (TPSA) is 83.5 Å². The molecular formula is C39H42ClN5O4. The molecule has 6 rings (SSSR count). The van der Waals surface area contributed by atoms with E-state index in [9.17, 15) is 9.59 Å². The van der Waals surface area contributed by atoms with E-state index in [4.69, 9.17) is 9.47 Å². The first kappa shape index (κ1) is 35.2. The zero-order valence-corrected chi connectivity index (χ0v) is 28.7. The number of hydrogen-bond acceptors (Lipinski definition) is 6. The molecule has 0 spiro atoms. The predicted molar refractivity (Wildman–Crippen MR) is 195 cm³/mol. The van der Waals surface area contributed by atoms with Crippen LogP contribution in [0.25, 0.3) is 11.2 Å². The summed E-state index contributed by atoms with van der Waals surface area (Å²) in [6.07, 6.45) is 3.29. The van der Waals surface area contributed by atoms with Crippen molar-refractivity contribution in [2.75, 3.05) is 13.1 Å². The zero-order valence-electron chi connectivity index (χ0n) is 27.9. The Kier molecular flexibility index (Phi) is 12.1. The lowest BCUT2D eigenvalue weighted by Crippen LogP contribution is -2.37. The number of halogens is 1. The number of nitrogens with zero attached hydrogens (tertiary/aromatic N) is 5. The molecule has 0 amide bonds. The standard InChI is InChI=1S/C39H41N5O4.ClH/c1-41-37-36(38(45)42(2)39(41)46)44(29-40-37)23-12-22-43(26-31-13-6-3-7-14-31)24-21-30-19-20-34(47-27-32-15-8-4-9-16-32)35(25-30)48-28-33-17-10-5-11-18-33;/h3-11,13-20,25,29H,12,21-24,26-28H2,1-2H3;1H. The van der Waals surface area contributed by atoms with Crippen molar-refractivity contribution in [1.29, 1.82) is 0 Å². The van der Waals surface area contributed by atoms with Gasteiger partial charge in [-0.3, -0.25) is 18.8 Å². The van der Waals surface area contributed by atoms with Gasteiger partial charge in [-0.15, -0.1) is 12.4 Å². The van der Waals surface area contributed by atoms with E-state index in [1.165, 1.54) is 17.2 Å². The quantitative estimate of drug-likeness (QED) is 0.130. The van der Waals surface area contributed by atoms with Crippen LogP contribution in [0.1, 0.15) is 28.7 Å². The maximum atomic E-state index is 12.9. The third-order valence-corrected chi connectivity index (χ3v) is 8.54. The number of ether oxygens (including phenoxy) is 2. The van der Waals surface area contributed by atoms with Crippen molar-refractivity contribution in [3.63, 3.8) is 0 Å². The van der Waals surface area contributed by atoms with Crippen molar-refractivity contribution >= 4 is 23.6 Å². The molecule has 0 fully saturated rings. The Labute approximate surface area is 292 Å². The summed E-state index contributed by atoms with van der Waals surface area (Å²) in [4.78, 5) is 32.1. The molecule has 0 N–H and O–H groups in total. The van der Waals surface area contributed by atoms with Crippen LogP contribution in [0.5, 0.6) is 11.5 Å². The molecule has 0 saturated heterocycles. The van der Waals surface area contributed by atoms with E-state index in [0.717, 1.165) is 65.2 Å². The number of aromatic nitrogens is 4. The van der Waals surface area contributed by atoms with Crippen LogP contribution in [-0.4, -0.2) is 36.7 Å². The summed E-state index contributed by atoms with van der Waals surface area (Å²) < 4.78 is 17.0. The van der Waals surface area contributed by atoms with Gasteiger partial charge < -0.3 is 14.0 Å². The molecule has 0 aliphatic rings. The molecular weight excluding hydrogens is 638 g/mol. The highest BCUT2D eigenvalue weighted by molar-refractivity contribution is 5.85. The van der Waals surface area contributed by atoms with E-state index in [1.807, 2.05) is 53.1 Å². The molecule has 49 heavy (non-hydrogen) atoms. The predicted octanol–water partition coefficient (Wildman–Crippen LogP) is 6.15. The summed E-state index contributed by atoms with van der Waals surface area (Å²) in [7, 11) is 3.15. The highest BCUT2D eigenvalue weighted by Gasteiger charge is 2.15. The second-order valence-corrected chi connectivity index (χ2v) is 12.0. The minimum atomic E-state index is -0.379. The molecule has 0 radical (unpaired) electrons. The lowest BCUT2D eigenvalue weighted by Gasteiger charge is -2.23. The average molecular weight is 680 g/mol. The fourth-order valence-corrected chi connectivity index (χ4v) is 5.84. The molecule has 2 aromatic heterocycles. The Morgan fingerprint density at radius 2 is 1.27 bits per heavy atom. The lowest BCUT2D eigenvalue weighted by atomic mass is 10.1.